The molecule has 1 saturated carbocycles. The zero-order chi connectivity index (χ0) is 13.7. The third-order valence-corrected chi connectivity index (χ3v) is 4.02. The van der Waals surface area contributed by atoms with Crippen LogP contribution < -0.4 is 11.1 Å². The Balaban J connectivity index is 1.96. The Labute approximate surface area is 115 Å². The van der Waals surface area contributed by atoms with Crippen molar-refractivity contribution in [3.8, 4) is 0 Å². The highest BCUT2D eigenvalue weighted by Crippen LogP contribution is 2.24. The Kier molecular flexibility index (Phi) is 4.83. The van der Waals surface area contributed by atoms with Crippen molar-refractivity contribution in [3.05, 3.63) is 23.8 Å². The molecule has 1 aromatic rings. The van der Waals surface area contributed by atoms with Crippen LogP contribution in [0.2, 0.25) is 0 Å². The number of nitrogens with one attached hydrogen (secondary N) is 1. The van der Waals surface area contributed by atoms with Gasteiger partial charge in [-0.25, -0.2) is 0 Å². The highest BCUT2D eigenvalue weighted by Gasteiger charge is 2.19. The van der Waals surface area contributed by atoms with Gasteiger partial charge in [0.15, 0.2) is 0 Å². The maximum atomic E-state index is 12.3. The molecule has 1 aliphatic carbocycles. The van der Waals surface area contributed by atoms with Crippen LogP contribution in [0.3, 0.4) is 0 Å². The van der Waals surface area contributed by atoms with Gasteiger partial charge < -0.3 is 11.1 Å². The second-order valence-corrected chi connectivity index (χ2v) is 5.60. The molecule has 104 valence electrons. The number of aryl methyl sites for hydroxylation is 1. The van der Waals surface area contributed by atoms with Crippen molar-refractivity contribution in [2.45, 2.75) is 51.9 Å². The largest absolute Gasteiger partial charge is 0.398 e. The Morgan fingerprint density at radius 1 is 1.16 bits per heavy atom. The van der Waals surface area contributed by atoms with Crippen molar-refractivity contribution in [3.63, 3.8) is 0 Å². The van der Waals surface area contributed by atoms with E-state index in [1.807, 2.05) is 25.1 Å². The lowest BCUT2D eigenvalue weighted by Crippen LogP contribution is -2.23. The van der Waals surface area contributed by atoms with Crippen LogP contribution in [0.5, 0.6) is 0 Å². The molecule has 1 aromatic carbocycles. The predicted molar refractivity (Wildman–Crippen MR) is 80.0 cm³/mol. The quantitative estimate of drug-likeness (QED) is 0.793. The van der Waals surface area contributed by atoms with Crippen molar-refractivity contribution in [1.82, 2.24) is 0 Å². The normalized spacial score (nSPS) is 17.5. The maximum absolute atomic E-state index is 12.3. The molecule has 0 aromatic heterocycles. The molecule has 1 amide bonds. The second kappa shape index (κ2) is 6.60. The minimum Gasteiger partial charge on any atom is -0.398 e. The van der Waals surface area contributed by atoms with E-state index in [4.69, 9.17) is 5.73 Å². The van der Waals surface area contributed by atoms with Crippen LogP contribution in [0.15, 0.2) is 18.2 Å². The van der Waals surface area contributed by atoms with Gasteiger partial charge in [0.2, 0.25) is 5.91 Å². The minimum atomic E-state index is 0.158. The van der Waals surface area contributed by atoms with Crippen LogP contribution in [-0.4, -0.2) is 5.91 Å². The van der Waals surface area contributed by atoms with Gasteiger partial charge in [0.1, 0.15) is 0 Å². The van der Waals surface area contributed by atoms with E-state index in [-0.39, 0.29) is 11.8 Å². The number of nitrogens with two attached hydrogens (primary N) is 1. The SMILES string of the molecule is Cc1ccc(NC(=O)C2CCCCCCC2)cc1N. The van der Waals surface area contributed by atoms with Gasteiger partial charge in [-0.1, -0.05) is 38.2 Å². The van der Waals surface area contributed by atoms with Crippen molar-refractivity contribution < 1.29 is 4.79 Å². The van der Waals surface area contributed by atoms with Crippen molar-refractivity contribution >= 4 is 17.3 Å². The molecule has 0 radical (unpaired) electrons. The lowest BCUT2D eigenvalue weighted by atomic mass is 9.90. The first kappa shape index (κ1) is 13.9. The number of amides is 1. The predicted octanol–water partition coefficient (Wildman–Crippen LogP) is 3.88. The smallest absolute Gasteiger partial charge is 0.227 e. The molecule has 0 aliphatic heterocycles. The van der Waals surface area contributed by atoms with E-state index in [1.54, 1.807) is 0 Å². The molecule has 3 nitrogen and oxygen atoms in total. The van der Waals surface area contributed by atoms with E-state index in [2.05, 4.69) is 5.32 Å². The van der Waals surface area contributed by atoms with Gasteiger partial charge in [0.05, 0.1) is 0 Å². The standard InChI is InChI=1S/C16H24N2O/c1-12-9-10-14(11-15(12)17)18-16(19)13-7-5-3-2-4-6-8-13/h9-11,13H,2-8,17H2,1H3,(H,18,19). The molecule has 0 saturated heterocycles. The molecule has 1 aliphatic rings. The molecular formula is C16H24N2O. The van der Waals surface area contributed by atoms with E-state index in [0.717, 1.165) is 29.8 Å². The molecule has 3 heteroatoms. The van der Waals surface area contributed by atoms with Crippen molar-refractivity contribution in [1.29, 1.82) is 0 Å². The van der Waals surface area contributed by atoms with E-state index in [1.165, 1.54) is 32.1 Å². The Hall–Kier alpha value is -1.51. The number of carbonyl (C=O) groups excluding carboxylic acids is 1. The summed E-state index contributed by atoms with van der Waals surface area (Å²) in [5.74, 6) is 0.327. The number of anilines is 2. The molecule has 0 spiro atoms. The fourth-order valence-electron chi connectivity index (χ4n) is 2.68. The topological polar surface area (TPSA) is 55.1 Å². The van der Waals surface area contributed by atoms with E-state index in [9.17, 15) is 4.79 Å². The number of carbonyl (C=O) groups is 1. The second-order valence-electron chi connectivity index (χ2n) is 5.60. The van der Waals surface area contributed by atoms with Crippen molar-refractivity contribution in [2.75, 3.05) is 11.1 Å². The average molecular weight is 260 g/mol. The van der Waals surface area contributed by atoms with Gasteiger partial charge >= 0.3 is 0 Å². The molecule has 19 heavy (non-hydrogen) atoms. The van der Waals surface area contributed by atoms with Crippen LogP contribution in [-0.2, 0) is 4.79 Å². The van der Waals surface area contributed by atoms with Gasteiger partial charge in [0.25, 0.3) is 0 Å². The van der Waals surface area contributed by atoms with Gasteiger partial charge in [-0.15, -0.1) is 0 Å². The van der Waals surface area contributed by atoms with E-state index >= 15 is 0 Å². The number of hydrogen-bond donors (Lipinski definition) is 2. The van der Waals surface area contributed by atoms with Gasteiger partial charge in [-0.2, -0.15) is 0 Å². The fraction of sp³-hybridized carbons (Fsp3) is 0.562. The molecule has 1 fully saturated rings. The summed E-state index contributed by atoms with van der Waals surface area (Å²) in [7, 11) is 0. The first-order chi connectivity index (χ1) is 9.16. The summed E-state index contributed by atoms with van der Waals surface area (Å²) in [6, 6.07) is 5.71. The molecule has 0 bridgehead atoms. The number of rotatable bonds is 2. The average Bonchev–Trinajstić information content (AvgIpc) is 2.33. The lowest BCUT2D eigenvalue weighted by molar-refractivity contribution is -0.120. The van der Waals surface area contributed by atoms with Crippen LogP contribution in [0.4, 0.5) is 11.4 Å². The highest BCUT2D eigenvalue weighted by molar-refractivity contribution is 5.93. The molecule has 0 unspecified atom stereocenters. The summed E-state index contributed by atoms with van der Waals surface area (Å²) in [6.07, 6.45) is 8.24. The number of hydrogen-bond acceptors (Lipinski definition) is 2. The van der Waals surface area contributed by atoms with Crippen molar-refractivity contribution in [2.24, 2.45) is 5.92 Å². The first-order valence-electron chi connectivity index (χ1n) is 7.34. The third kappa shape index (κ3) is 3.98. The zero-order valence-corrected chi connectivity index (χ0v) is 11.7. The zero-order valence-electron chi connectivity index (χ0n) is 11.7. The summed E-state index contributed by atoms with van der Waals surface area (Å²) in [6.45, 7) is 1.97. The Bertz CT molecular complexity index is 434. The highest BCUT2D eigenvalue weighted by atomic mass is 16.1. The van der Waals surface area contributed by atoms with Crippen LogP contribution in [0, 0.1) is 12.8 Å². The lowest BCUT2D eigenvalue weighted by Gasteiger charge is -2.19. The summed E-state index contributed by atoms with van der Waals surface area (Å²) >= 11 is 0. The van der Waals surface area contributed by atoms with E-state index < -0.39 is 0 Å². The molecular weight excluding hydrogens is 236 g/mol. The molecule has 0 atom stereocenters. The monoisotopic (exact) mass is 260 g/mol. The van der Waals surface area contributed by atoms with Crippen LogP contribution >= 0.6 is 0 Å². The molecule has 2 rings (SSSR count). The number of nitrogen functional groups attached to an aromatic ring is 1. The van der Waals surface area contributed by atoms with E-state index in [0.29, 0.717) is 0 Å². The van der Waals surface area contributed by atoms with Gasteiger partial charge in [0, 0.05) is 17.3 Å². The van der Waals surface area contributed by atoms with Crippen LogP contribution in [0.25, 0.3) is 0 Å². The third-order valence-electron chi connectivity index (χ3n) is 4.02. The van der Waals surface area contributed by atoms with Crippen LogP contribution in [0.1, 0.15) is 50.5 Å². The van der Waals surface area contributed by atoms with Gasteiger partial charge in [-0.05, 0) is 37.5 Å². The molecule has 3 N–H and O–H groups in total. The summed E-state index contributed by atoms with van der Waals surface area (Å²) < 4.78 is 0. The fourth-order valence-corrected chi connectivity index (χ4v) is 2.68. The first-order valence-corrected chi connectivity index (χ1v) is 7.34. The Morgan fingerprint density at radius 2 is 1.79 bits per heavy atom. The van der Waals surface area contributed by atoms with Gasteiger partial charge in [-0.3, -0.25) is 4.79 Å². The summed E-state index contributed by atoms with van der Waals surface area (Å²) in [5, 5.41) is 3.01. The minimum absolute atomic E-state index is 0.158. The Morgan fingerprint density at radius 3 is 2.42 bits per heavy atom. The summed E-state index contributed by atoms with van der Waals surface area (Å²) in [5.41, 5.74) is 8.46. The molecule has 0 heterocycles. The maximum Gasteiger partial charge on any atom is 0.227 e. The number of benzene rings is 1. The summed E-state index contributed by atoms with van der Waals surface area (Å²) in [4.78, 5) is 12.3.